The van der Waals surface area contributed by atoms with Crippen LogP contribution in [0.2, 0.25) is 0 Å². The summed E-state index contributed by atoms with van der Waals surface area (Å²) in [6.45, 7) is 9.63. The second kappa shape index (κ2) is 8.33. The van der Waals surface area contributed by atoms with Crippen LogP contribution in [-0.4, -0.2) is 36.1 Å². The van der Waals surface area contributed by atoms with Crippen LogP contribution in [0, 0.1) is 0 Å². The van der Waals surface area contributed by atoms with Crippen molar-refractivity contribution in [2.24, 2.45) is 0 Å². The van der Waals surface area contributed by atoms with E-state index in [0.717, 1.165) is 31.0 Å². The molecule has 0 aliphatic rings. The Morgan fingerprint density at radius 2 is 1.72 bits per heavy atom. The molecule has 0 bridgehead atoms. The molecule has 2 nitrogen and oxygen atoms in total. The largest absolute Gasteiger partial charge is 0.303 e. The Morgan fingerprint density at radius 3 is 2.22 bits per heavy atom. The number of carbonyl (C=O) groups is 1. The van der Waals surface area contributed by atoms with Gasteiger partial charge in [0.1, 0.15) is 0 Å². The average Bonchev–Trinajstić information content (AvgIpc) is 2.43. The lowest BCUT2D eigenvalue weighted by Crippen LogP contribution is -2.25. The number of carbonyl (C=O) groups excluding carboxylic acids is 1. The van der Waals surface area contributed by atoms with E-state index in [1.54, 1.807) is 0 Å². The highest BCUT2D eigenvalue weighted by molar-refractivity contribution is 7.99. The van der Waals surface area contributed by atoms with Crippen LogP contribution < -0.4 is 0 Å². The Morgan fingerprint density at radius 1 is 1.11 bits per heavy atom. The molecule has 100 valence electrons. The zero-order chi connectivity index (χ0) is 13.4. The highest BCUT2D eigenvalue weighted by atomic mass is 32.2. The molecule has 0 aliphatic carbocycles. The number of hydrogen-bond donors (Lipinski definition) is 0. The summed E-state index contributed by atoms with van der Waals surface area (Å²) >= 11 is 1.85. The first-order valence-electron chi connectivity index (χ1n) is 6.69. The average molecular weight is 265 g/mol. The van der Waals surface area contributed by atoms with E-state index in [9.17, 15) is 4.79 Å². The fourth-order valence-electron chi connectivity index (χ4n) is 1.77. The molecule has 0 aliphatic heterocycles. The molecule has 0 heterocycles. The van der Waals surface area contributed by atoms with Crippen LogP contribution in [0.25, 0.3) is 0 Å². The molecule has 1 aromatic rings. The summed E-state index contributed by atoms with van der Waals surface area (Å²) in [4.78, 5) is 15.2. The number of Topliss-reactive ketones (excluding diaryl/α,β-unsaturated/α-hetero) is 1. The Bertz CT molecular complexity index is 357. The molecule has 0 saturated carbocycles. The van der Waals surface area contributed by atoms with Crippen molar-refractivity contribution in [2.75, 3.05) is 25.4 Å². The lowest BCUT2D eigenvalue weighted by Gasteiger charge is -2.17. The Kier molecular flexibility index (Phi) is 7.06. The molecular formula is C15H23NOS. The molecule has 3 heteroatoms. The van der Waals surface area contributed by atoms with Crippen molar-refractivity contribution in [2.45, 2.75) is 32.1 Å². The molecule has 0 unspecified atom stereocenters. The minimum Gasteiger partial charge on any atom is -0.303 e. The van der Waals surface area contributed by atoms with E-state index in [1.165, 1.54) is 4.90 Å². The van der Waals surface area contributed by atoms with Gasteiger partial charge in [0.05, 0.1) is 0 Å². The zero-order valence-electron chi connectivity index (χ0n) is 11.6. The third-order valence-electron chi connectivity index (χ3n) is 3.07. The lowest BCUT2D eigenvalue weighted by molar-refractivity contribution is 0.0988. The minimum absolute atomic E-state index is 0.217. The van der Waals surface area contributed by atoms with Crippen molar-refractivity contribution < 1.29 is 4.79 Å². The molecule has 18 heavy (non-hydrogen) atoms. The predicted molar refractivity (Wildman–Crippen MR) is 79.6 cm³/mol. The van der Waals surface area contributed by atoms with Crippen molar-refractivity contribution in [3.63, 3.8) is 0 Å². The van der Waals surface area contributed by atoms with Crippen LogP contribution in [0.15, 0.2) is 29.2 Å². The highest BCUT2D eigenvalue weighted by Crippen LogP contribution is 2.19. The van der Waals surface area contributed by atoms with Gasteiger partial charge in [-0.05, 0) is 25.2 Å². The van der Waals surface area contributed by atoms with Gasteiger partial charge in [0.15, 0.2) is 5.78 Å². The number of thioether (sulfide) groups is 1. The zero-order valence-corrected chi connectivity index (χ0v) is 12.4. The minimum atomic E-state index is 0.217. The van der Waals surface area contributed by atoms with Crippen LogP contribution in [0.3, 0.4) is 0 Å². The Hall–Kier alpha value is -0.800. The summed E-state index contributed by atoms with van der Waals surface area (Å²) < 4.78 is 0. The van der Waals surface area contributed by atoms with E-state index < -0.39 is 0 Å². The first-order chi connectivity index (χ1) is 8.71. The van der Waals surface area contributed by atoms with Crippen molar-refractivity contribution in [3.8, 4) is 0 Å². The van der Waals surface area contributed by atoms with Crippen LogP contribution in [-0.2, 0) is 0 Å². The third kappa shape index (κ3) is 4.83. The van der Waals surface area contributed by atoms with E-state index in [4.69, 9.17) is 0 Å². The van der Waals surface area contributed by atoms with E-state index in [1.807, 2.05) is 30.8 Å². The maximum absolute atomic E-state index is 11.5. The summed E-state index contributed by atoms with van der Waals surface area (Å²) in [5.41, 5.74) is 0.825. The summed E-state index contributed by atoms with van der Waals surface area (Å²) in [5, 5.41) is 0. The molecule has 0 radical (unpaired) electrons. The number of rotatable bonds is 8. The van der Waals surface area contributed by atoms with Gasteiger partial charge in [0.25, 0.3) is 0 Å². The van der Waals surface area contributed by atoms with Gasteiger partial charge in [0.2, 0.25) is 0 Å². The maximum Gasteiger partial charge on any atom is 0.162 e. The third-order valence-corrected chi connectivity index (χ3v) is 4.06. The second-order valence-electron chi connectivity index (χ2n) is 4.18. The van der Waals surface area contributed by atoms with Gasteiger partial charge < -0.3 is 4.90 Å². The molecule has 0 atom stereocenters. The normalized spacial score (nSPS) is 10.9. The molecule has 0 spiro atoms. The van der Waals surface area contributed by atoms with E-state index in [-0.39, 0.29) is 5.78 Å². The number of nitrogens with zero attached hydrogens (tertiary/aromatic N) is 1. The van der Waals surface area contributed by atoms with Crippen LogP contribution in [0.5, 0.6) is 0 Å². The van der Waals surface area contributed by atoms with Gasteiger partial charge >= 0.3 is 0 Å². The monoisotopic (exact) mass is 265 g/mol. The smallest absolute Gasteiger partial charge is 0.162 e. The molecule has 0 N–H and O–H groups in total. The predicted octanol–water partition coefficient (Wildman–Crippen LogP) is 3.71. The Balaban J connectivity index is 2.42. The molecule has 0 amide bonds. The second-order valence-corrected chi connectivity index (χ2v) is 5.34. The fraction of sp³-hybridized carbons (Fsp3) is 0.533. The van der Waals surface area contributed by atoms with Crippen molar-refractivity contribution in [3.05, 3.63) is 29.8 Å². The van der Waals surface area contributed by atoms with Crippen LogP contribution >= 0.6 is 11.8 Å². The first kappa shape index (κ1) is 15.3. The number of ketones is 1. The fourth-order valence-corrected chi connectivity index (χ4v) is 2.69. The van der Waals surface area contributed by atoms with Crippen molar-refractivity contribution >= 4 is 17.5 Å². The SMILES string of the molecule is CCC(=O)c1ccc(SCCN(CC)CC)cc1. The molecule has 1 aromatic carbocycles. The molecule has 0 saturated heterocycles. The van der Waals surface area contributed by atoms with Gasteiger partial charge in [-0.2, -0.15) is 0 Å². The summed E-state index contributed by atoms with van der Waals surface area (Å²) in [6.07, 6.45) is 0.578. The Labute approximate surface area is 115 Å². The topological polar surface area (TPSA) is 20.3 Å². The van der Waals surface area contributed by atoms with Gasteiger partial charge in [0, 0.05) is 29.2 Å². The standard InChI is InChI=1S/C15H23NOS/c1-4-15(17)13-7-9-14(10-8-13)18-12-11-16(5-2)6-3/h7-10H,4-6,11-12H2,1-3H3. The molecule has 0 aromatic heterocycles. The van der Waals surface area contributed by atoms with Crippen molar-refractivity contribution in [1.29, 1.82) is 0 Å². The van der Waals surface area contributed by atoms with Crippen molar-refractivity contribution in [1.82, 2.24) is 4.90 Å². The maximum atomic E-state index is 11.5. The van der Waals surface area contributed by atoms with Crippen LogP contribution in [0.1, 0.15) is 37.6 Å². The van der Waals surface area contributed by atoms with E-state index in [2.05, 4.69) is 30.9 Å². The van der Waals surface area contributed by atoms with Gasteiger partial charge in [-0.15, -0.1) is 11.8 Å². The van der Waals surface area contributed by atoms with Gasteiger partial charge in [-0.25, -0.2) is 0 Å². The van der Waals surface area contributed by atoms with Gasteiger partial charge in [-0.3, -0.25) is 4.79 Å². The quantitative estimate of drug-likeness (QED) is 0.528. The highest BCUT2D eigenvalue weighted by Gasteiger charge is 2.03. The summed E-state index contributed by atoms with van der Waals surface area (Å²) in [5.74, 6) is 1.32. The number of hydrogen-bond acceptors (Lipinski definition) is 3. The van der Waals surface area contributed by atoms with Crippen LogP contribution in [0.4, 0.5) is 0 Å². The molecular weight excluding hydrogens is 242 g/mol. The summed E-state index contributed by atoms with van der Waals surface area (Å²) in [7, 11) is 0. The van der Waals surface area contributed by atoms with E-state index in [0.29, 0.717) is 6.42 Å². The molecule has 0 fully saturated rings. The first-order valence-corrected chi connectivity index (χ1v) is 7.68. The van der Waals surface area contributed by atoms with E-state index >= 15 is 0 Å². The summed E-state index contributed by atoms with van der Waals surface area (Å²) in [6, 6.07) is 7.97. The lowest BCUT2D eigenvalue weighted by atomic mass is 10.1. The number of benzene rings is 1. The van der Waals surface area contributed by atoms with Gasteiger partial charge in [-0.1, -0.05) is 32.9 Å². The molecule has 1 rings (SSSR count).